The zero-order chi connectivity index (χ0) is 16.9. The number of aromatic nitrogens is 2. The van der Waals surface area contributed by atoms with Crippen LogP contribution in [0.1, 0.15) is 6.92 Å². The fourth-order valence-corrected chi connectivity index (χ4v) is 2.60. The van der Waals surface area contributed by atoms with Crippen LogP contribution in [0.3, 0.4) is 0 Å². The molecule has 0 aliphatic rings. The van der Waals surface area contributed by atoms with Gasteiger partial charge in [0.05, 0.1) is 39.9 Å². The summed E-state index contributed by atoms with van der Waals surface area (Å²) in [4.78, 5) is 6.29. The molecule has 2 aromatic rings. The first-order chi connectivity index (χ1) is 10.9. The zero-order valence-corrected chi connectivity index (χ0v) is 17.4. The van der Waals surface area contributed by atoms with Crippen LogP contribution < -0.4 is 21.9 Å². The number of quaternary nitrogens is 1. The van der Waals surface area contributed by atoms with Gasteiger partial charge >= 0.3 is 0 Å². The van der Waals surface area contributed by atoms with E-state index < -0.39 is 0 Å². The average molecular weight is 434 g/mol. The quantitative estimate of drug-likeness (QED) is 0.486. The number of nitrogens with zero attached hydrogens (tertiary/aromatic N) is 6. The van der Waals surface area contributed by atoms with Gasteiger partial charge in [0.2, 0.25) is 10.4 Å². The first kappa shape index (κ1) is 21.0. The molecule has 2 rings (SSSR count). The van der Waals surface area contributed by atoms with Gasteiger partial charge in [-0.2, -0.15) is 9.36 Å². The largest absolute Gasteiger partial charge is 1.00 e. The molecular formula is C15H22BrClN6S. The molecule has 1 heterocycles. The number of azo groups is 1. The van der Waals surface area contributed by atoms with Gasteiger partial charge in [0, 0.05) is 23.8 Å². The monoisotopic (exact) mass is 432 g/mol. The fraction of sp³-hybridized carbons (Fsp3) is 0.467. The van der Waals surface area contributed by atoms with E-state index in [9.17, 15) is 0 Å². The van der Waals surface area contributed by atoms with E-state index in [0.717, 1.165) is 41.3 Å². The summed E-state index contributed by atoms with van der Waals surface area (Å²) < 4.78 is 4.80. The molecule has 6 nitrogen and oxygen atoms in total. The highest BCUT2D eigenvalue weighted by atomic mass is 79.9. The van der Waals surface area contributed by atoms with E-state index in [1.165, 1.54) is 5.69 Å². The first-order valence-corrected chi connectivity index (χ1v) is 8.59. The summed E-state index contributed by atoms with van der Waals surface area (Å²) in [6.45, 7) is 5.25. The van der Waals surface area contributed by atoms with Gasteiger partial charge in [-0.3, -0.25) is 0 Å². The molecule has 0 saturated carbocycles. The van der Waals surface area contributed by atoms with Crippen molar-refractivity contribution in [3.05, 3.63) is 29.5 Å². The van der Waals surface area contributed by atoms with Gasteiger partial charge in [0.15, 0.2) is 0 Å². The highest BCUT2D eigenvalue weighted by molar-refractivity contribution is 7.09. The predicted molar refractivity (Wildman–Crippen MR) is 96.3 cm³/mol. The molecule has 24 heavy (non-hydrogen) atoms. The molecule has 132 valence electrons. The van der Waals surface area contributed by atoms with E-state index in [1.54, 1.807) is 0 Å². The summed E-state index contributed by atoms with van der Waals surface area (Å²) in [6.07, 6.45) is 0. The Labute approximate surface area is 162 Å². The molecule has 9 heteroatoms. The number of likely N-dealkylation sites (N-methyl/N-ethyl adjacent to an activating group) is 2. The Kier molecular flexibility index (Phi) is 8.21. The summed E-state index contributed by atoms with van der Waals surface area (Å²) in [5, 5.41) is 8.84. The second kappa shape index (κ2) is 9.41. The molecule has 0 atom stereocenters. The molecule has 0 unspecified atom stereocenters. The van der Waals surface area contributed by atoms with Crippen LogP contribution in [0.5, 0.6) is 0 Å². The van der Waals surface area contributed by atoms with E-state index in [2.05, 4.69) is 64.7 Å². The highest BCUT2D eigenvalue weighted by Crippen LogP contribution is 2.23. The van der Waals surface area contributed by atoms with E-state index in [-0.39, 0.29) is 22.3 Å². The SMILES string of the molecule is CCN(CC[N+](C)(C)C)c1ccc(/N=N/c2nc(Cl)ns2)cc1.[Br-]. The van der Waals surface area contributed by atoms with E-state index in [1.807, 2.05) is 12.1 Å². The maximum atomic E-state index is 5.66. The normalized spacial score (nSPS) is 11.5. The minimum absolute atomic E-state index is 0. The van der Waals surface area contributed by atoms with Crippen LogP contribution in [-0.2, 0) is 0 Å². The maximum absolute atomic E-state index is 5.66. The van der Waals surface area contributed by atoms with Crippen molar-refractivity contribution in [2.24, 2.45) is 10.2 Å². The Morgan fingerprint density at radius 1 is 1.17 bits per heavy atom. The zero-order valence-electron chi connectivity index (χ0n) is 14.3. The van der Waals surface area contributed by atoms with Crippen molar-refractivity contribution in [3.8, 4) is 0 Å². The molecular weight excluding hydrogens is 412 g/mol. The third kappa shape index (κ3) is 6.80. The van der Waals surface area contributed by atoms with Crippen LogP contribution in [0.4, 0.5) is 16.5 Å². The summed E-state index contributed by atoms with van der Waals surface area (Å²) in [5.41, 5.74) is 1.97. The smallest absolute Gasteiger partial charge is 0.250 e. The minimum Gasteiger partial charge on any atom is -1.00 e. The molecule has 0 fully saturated rings. The van der Waals surface area contributed by atoms with Gasteiger partial charge < -0.3 is 26.4 Å². The average Bonchev–Trinajstić information content (AvgIpc) is 2.91. The molecule has 0 spiro atoms. The van der Waals surface area contributed by atoms with Gasteiger partial charge in [-0.15, -0.1) is 10.2 Å². The van der Waals surface area contributed by atoms with Crippen LogP contribution in [0.25, 0.3) is 0 Å². The molecule has 0 saturated heterocycles. The van der Waals surface area contributed by atoms with Crippen molar-refractivity contribution in [1.29, 1.82) is 0 Å². The Morgan fingerprint density at radius 2 is 1.83 bits per heavy atom. The van der Waals surface area contributed by atoms with Gasteiger partial charge in [-0.25, -0.2) is 0 Å². The molecule has 1 aromatic carbocycles. The van der Waals surface area contributed by atoms with Crippen LogP contribution in [0.15, 0.2) is 34.5 Å². The third-order valence-electron chi connectivity index (χ3n) is 3.28. The van der Waals surface area contributed by atoms with Crippen molar-refractivity contribution in [2.45, 2.75) is 6.92 Å². The second-order valence-electron chi connectivity index (χ2n) is 6.16. The second-order valence-corrected chi connectivity index (χ2v) is 7.22. The highest BCUT2D eigenvalue weighted by Gasteiger charge is 2.11. The number of anilines is 1. The molecule has 0 bridgehead atoms. The van der Waals surface area contributed by atoms with Crippen molar-refractivity contribution in [3.63, 3.8) is 0 Å². The Bertz CT molecular complexity index is 653. The van der Waals surface area contributed by atoms with Gasteiger partial charge in [-0.1, -0.05) is 0 Å². The fourth-order valence-electron chi connectivity index (χ4n) is 1.96. The lowest BCUT2D eigenvalue weighted by Crippen LogP contribution is -3.00. The van der Waals surface area contributed by atoms with E-state index in [0.29, 0.717) is 5.13 Å². The van der Waals surface area contributed by atoms with E-state index in [4.69, 9.17) is 11.6 Å². The number of rotatable bonds is 7. The first-order valence-electron chi connectivity index (χ1n) is 7.44. The summed E-state index contributed by atoms with van der Waals surface area (Å²) >= 11 is 6.78. The lowest BCUT2D eigenvalue weighted by molar-refractivity contribution is -0.868. The van der Waals surface area contributed by atoms with Crippen LogP contribution >= 0.6 is 23.1 Å². The van der Waals surface area contributed by atoms with Gasteiger partial charge in [0.25, 0.3) is 0 Å². The van der Waals surface area contributed by atoms with Gasteiger partial charge in [-0.05, 0) is 42.8 Å². The van der Waals surface area contributed by atoms with Crippen LogP contribution in [0, 0.1) is 0 Å². The van der Waals surface area contributed by atoms with Crippen molar-refractivity contribution in [1.82, 2.24) is 9.36 Å². The number of halogens is 2. The standard InChI is InChI=1S/C15H22ClN6S.BrH/c1-5-21(10-11-22(2,3)4)13-8-6-12(7-9-13)18-19-15-17-14(16)20-23-15;/h6-9H,5,10-11H2,1-4H3;1H/q+1;/p-1/b19-18+;. The summed E-state index contributed by atoms with van der Waals surface area (Å²) in [5.74, 6) is 0. The number of benzene rings is 1. The molecule has 1 aromatic heterocycles. The third-order valence-corrected chi connectivity index (χ3v) is 4.15. The Morgan fingerprint density at radius 3 is 2.33 bits per heavy atom. The topological polar surface area (TPSA) is 53.7 Å². The molecule has 0 aliphatic carbocycles. The van der Waals surface area contributed by atoms with Crippen LogP contribution in [0.2, 0.25) is 5.28 Å². The molecule has 0 amide bonds. The Balaban J connectivity index is 0.00000288. The summed E-state index contributed by atoms with van der Waals surface area (Å²) in [7, 11) is 6.62. The molecule has 0 N–H and O–H groups in total. The van der Waals surface area contributed by atoms with Gasteiger partial charge in [0.1, 0.15) is 0 Å². The molecule has 0 radical (unpaired) electrons. The maximum Gasteiger partial charge on any atom is 0.250 e. The van der Waals surface area contributed by atoms with E-state index >= 15 is 0 Å². The lowest BCUT2D eigenvalue weighted by atomic mass is 10.2. The van der Waals surface area contributed by atoms with Crippen molar-refractivity contribution >= 4 is 39.6 Å². The van der Waals surface area contributed by atoms with Crippen LogP contribution in [-0.4, -0.2) is 54.6 Å². The Hall–Kier alpha value is -1.09. The minimum atomic E-state index is 0. The number of hydrogen-bond donors (Lipinski definition) is 0. The summed E-state index contributed by atoms with van der Waals surface area (Å²) in [6, 6.07) is 8.05. The lowest BCUT2D eigenvalue weighted by Gasteiger charge is -2.29. The molecule has 0 aliphatic heterocycles. The predicted octanol–water partition coefficient (Wildman–Crippen LogP) is 1.14. The van der Waals surface area contributed by atoms with Crippen molar-refractivity contribution < 1.29 is 21.5 Å². The number of hydrogen-bond acceptors (Lipinski definition) is 6. The van der Waals surface area contributed by atoms with Crippen molar-refractivity contribution in [2.75, 3.05) is 45.7 Å².